The zero-order valence-corrected chi connectivity index (χ0v) is 16.1. The largest absolute Gasteiger partial charge is 0.355 e. The van der Waals surface area contributed by atoms with E-state index >= 15 is 0 Å². The molecule has 1 aromatic carbocycles. The SMILES string of the molecule is CN=C(NCc1ccc(S(=O)(=O)NC)cc1)NCC1(C)CCCS1. The molecule has 24 heavy (non-hydrogen) atoms. The normalized spacial score (nSPS) is 21.7. The maximum atomic E-state index is 11.7. The highest BCUT2D eigenvalue weighted by molar-refractivity contribution is 8.00. The highest BCUT2D eigenvalue weighted by Crippen LogP contribution is 2.36. The molecule has 1 atom stereocenters. The fourth-order valence-corrected chi connectivity index (χ4v) is 4.53. The molecule has 0 saturated carbocycles. The number of hydrogen-bond acceptors (Lipinski definition) is 4. The van der Waals surface area contributed by atoms with Gasteiger partial charge in [0.2, 0.25) is 10.0 Å². The van der Waals surface area contributed by atoms with Gasteiger partial charge < -0.3 is 10.6 Å². The topological polar surface area (TPSA) is 82.6 Å². The highest BCUT2D eigenvalue weighted by Gasteiger charge is 2.29. The Morgan fingerprint density at radius 2 is 2.00 bits per heavy atom. The summed E-state index contributed by atoms with van der Waals surface area (Å²) in [6.45, 7) is 3.76. The first-order valence-electron chi connectivity index (χ1n) is 7.99. The molecule has 1 aromatic rings. The van der Waals surface area contributed by atoms with E-state index in [1.807, 2.05) is 11.8 Å². The van der Waals surface area contributed by atoms with Gasteiger partial charge in [-0.3, -0.25) is 4.99 Å². The van der Waals surface area contributed by atoms with Crippen molar-refractivity contribution in [1.82, 2.24) is 15.4 Å². The summed E-state index contributed by atoms with van der Waals surface area (Å²) in [7, 11) is -0.226. The van der Waals surface area contributed by atoms with Crippen molar-refractivity contribution in [3.8, 4) is 0 Å². The number of benzene rings is 1. The van der Waals surface area contributed by atoms with E-state index in [-0.39, 0.29) is 9.64 Å². The minimum absolute atomic E-state index is 0.266. The first kappa shape index (κ1) is 19.1. The van der Waals surface area contributed by atoms with Crippen molar-refractivity contribution in [2.24, 2.45) is 4.99 Å². The van der Waals surface area contributed by atoms with Crippen LogP contribution in [0.25, 0.3) is 0 Å². The van der Waals surface area contributed by atoms with Crippen LogP contribution < -0.4 is 15.4 Å². The zero-order chi connectivity index (χ0) is 17.6. The molecule has 0 bridgehead atoms. The molecule has 0 amide bonds. The van der Waals surface area contributed by atoms with Gasteiger partial charge in [0.15, 0.2) is 5.96 Å². The Morgan fingerprint density at radius 3 is 2.54 bits per heavy atom. The van der Waals surface area contributed by atoms with E-state index in [9.17, 15) is 8.42 Å². The van der Waals surface area contributed by atoms with Crippen molar-refractivity contribution >= 4 is 27.7 Å². The van der Waals surface area contributed by atoms with Crippen LogP contribution in [0.3, 0.4) is 0 Å². The summed E-state index contributed by atoms with van der Waals surface area (Å²) in [5.74, 6) is 1.99. The van der Waals surface area contributed by atoms with Crippen LogP contribution in [0, 0.1) is 0 Å². The second-order valence-corrected chi connectivity index (χ2v) is 9.60. The zero-order valence-electron chi connectivity index (χ0n) is 14.4. The lowest BCUT2D eigenvalue weighted by Gasteiger charge is -2.24. The third-order valence-electron chi connectivity index (χ3n) is 4.12. The van der Waals surface area contributed by atoms with Crippen LogP contribution in [0.15, 0.2) is 34.2 Å². The van der Waals surface area contributed by atoms with Gasteiger partial charge in [-0.1, -0.05) is 12.1 Å². The lowest BCUT2D eigenvalue weighted by atomic mass is 10.1. The van der Waals surface area contributed by atoms with Gasteiger partial charge in [0, 0.05) is 24.9 Å². The van der Waals surface area contributed by atoms with E-state index in [0.29, 0.717) is 6.54 Å². The Labute approximate surface area is 149 Å². The third kappa shape index (κ3) is 5.12. The fraction of sp³-hybridized carbons (Fsp3) is 0.562. The van der Waals surface area contributed by atoms with E-state index in [2.05, 4.69) is 27.3 Å². The van der Waals surface area contributed by atoms with Gasteiger partial charge in [0.05, 0.1) is 4.90 Å². The molecule has 1 heterocycles. The van der Waals surface area contributed by atoms with Crippen LogP contribution in [-0.4, -0.2) is 45.5 Å². The molecule has 0 radical (unpaired) electrons. The standard InChI is InChI=1S/C16H26N4O2S2/c1-16(9-4-10-23-16)12-20-15(17-2)19-11-13-5-7-14(8-6-13)24(21,22)18-3/h5-8,18H,4,9-12H2,1-3H3,(H2,17,19,20). The number of guanidine groups is 1. The Bertz CT molecular complexity index is 666. The van der Waals surface area contributed by atoms with Crippen molar-refractivity contribution in [3.05, 3.63) is 29.8 Å². The Hall–Kier alpha value is -1.25. The number of rotatable bonds is 6. The maximum Gasteiger partial charge on any atom is 0.240 e. The predicted octanol–water partition coefficient (Wildman–Crippen LogP) is 1.55. The van der Waals surface area contributed by atoms with Crippen LogP contribution in [0.5, 0.6) is 0 Å². The molecule has 6 nitrogen and oxygen atoms in total. The maximum absolute atomic E-state index is 11.7. The summed E-state index contributed by atoms with van der Waals surface area (Å²) >= 11 is 2.01. The number of sulfonamides is 1. The second-order valence-electron chi connectivity index (χ2n) is 6.03. The molecule has 0 aromatic heterocycles. The van der Waals surface area contributed by atoms with E-state index in [1.54, 1.807) is 31.3 Å². The predicted molar refractivity (Wildman–Crippen MR) is 101 cm³/mol. The molecule has 1 fully saturated rings. The molecule has 8 heteroatoms. The van der Waals surface area contributed by atoms with Crippen LogP contribution in [0.1, 0.15) is 25.3 Å². The molecular weight excluding hydrogens is 344 g/mol. The third-order valence-corrected chi connectivity index (χ3v) is 7.08. The molecule has 0 aliphatic carbocycles. The van der Waals surface area contributed by atoms with Crippen LogP contribution in [0.4, 0.5) is 0 Å². The van der Waals surface area contributed by atoms with Gasteiger partial charge in [-0.05, 0) is 50.3 Å². The molecule has 1 aliphatic heterocycles. The monoisotopic (exact) mass is 370 g/mol. The summed E-state index contributed by atoms with van der Waals surface area (Å²) < 4.78 is 26.0. The van der Waals surface area contributed by atoms with Crippen LogP contribution in [0.2, 0.25) is 0 Å². The van der Waals surface area contributed by atoms with E-state index < -0.39 is 10.0 Å². The van der Waals surface area contributed by atoms with Gasteiger partial charge in [-0.2, -0.15) is 11.8 Å². The van der Waals surface area contributed by atoms with Crippen molar-refractivity contribution in [2.45, 2.75) is 36.0 Å². The molecule has 134 valence electrons. The van der Waals surface area contributed by atoms with E-state index in [4.69, 9.17) is 0 Å². The highest BCUT2D eigenvalue weighted by atomic mass is 32.2. The van der Waals surface area contributed by atoms with Crippen LogP contribution in [-0.2, 0) is 16.6 Å². The molecule has 3 N–H and O–H groups in total. The number of thioether (sulfide) groups is 1. The smallest absolute Gasteiger partial charge is 0.240 e. The lowest BCUT2D eigenvalue weighted by Crippen LogP contribution is -2.43. The van der Waals surface area contributed by atoms with Gasteiger partial charge in [-0.15, -0.1) is 0 Å². The van der Waals surface area contributed by atoms with Crippen molar-refractivity contribution in [2.75, 3.05) is 26.4 Å². The van der Waals surface area contributed by atoms with E-state index in [1.165, 1.54) is 25.6 Å². The minimum Gasteiger partial charge on any atom is -0.355 e. The first-order valence-corrected chi connectivity index (χ1v) is 10.5. The average Bonchev–Trinajstić information content (AvgIpc) is 3.02. The summed E-state index contributed by atoms with van der Waals surface area (Å²) in [6.07, 6.45) is 2.50. The Kier molecular flexibility index (Phi) is 6.54. The number of aliphatic imine (C=N–C) groups is 1. The summed E-state index contributed by atoms with van der Waals surface area (Å²) in [5, 5.41) is 6.64. The molecule has 1 unspecified atom stereocenters. The fourth-order valence-electron chi connectivity index (χ4n) is 2.56. The van der Waals surface area contributed by atoms with Crippen molar-refractivity contribution < 1.29 is 8.42 Å². The summed E-state index contributed by atoms with van der Waals surface area (Å²) in [5.41, 5.74) is 0.995. The van der Waals surface area contributed by atoms with Crippen molar-refractivity contribution in [3.63, 3.8) is 0 Å². The second kappa shape index (κ2) is 8.22. The van der Waals surface area contributed by atoms with Gasteiger partial charge in [0.25, 0.3) is 0 Å². The van der Waals surface area contributed by atoms with E-state index in [0.717, 1.165) is 18.1 Å². The molecule has 1 saturated heterocycles. The van der Waals surface area contributed by atoms with Gasteiger partial charge in [-0.25, -0.2) is 13.1 Å². The van der Waals surface area contributed by atoms with Crippen LogP contribution >= 0.6 is 11.8 Å². The number of nitrogens with zero attached hydrogens (tertiary/aromatic N) is 1. The quantitative estimate of drug-likeness (QED) is 0.523. The summed E-state index contributed by atoms with van der Waals surface area (Å²) in [6, 6.07) is 6.82. The first-order chi connectivity index (χ1) is 11.4. The minimum atomic E-state index is -3.38. The van der Waals surface area contributed by atoms with Gasteiger partial charge in [0.1, 0.15) is 0 Å². The Balaban J connectivity index is 1.87. The average molecular weight is 371 g/mol. The van der Waals surface area contributed by atoms with Gasteiger partial charge >= 0.3 is 0 Å². The number of nitrogens with one attached hydrogen (secondary N) is 3. The molecule has 2 rings (SSSR count). The summed E-state index contributed by atoms with van der Waals surface area (Å²) in [4.78, 5) is 4.51. The lowest BCUT2D eigenvalue weighted by molar-refractivity contribution is 0.584. The Morgan fingerprint density at radius 1 is 1.29 bits per heavy atom. The molecule has 0 spiro atoms. The van der Waals surface area contributed by atoms with Crippen molar-refractivity contribution in [1.29, 1.82) is 0 Å². The molecule has 1 aliphatic rings. The molecular formula is C16H26N4O2S2. The number of hydrogen-bond donors (Lipinski definition) is 3.